The van der Waals surface area contributed by atoms with E-state index in [0.29, 0.717) is 17.2 Å². The van der Waals surface area contributed by atoms with E-state index in [1.54, 1.807) is 34.9 Å². The largest absolute Gasteiger partial charge is 0.507 e. The maximum atomic E-state index is 12.5. The minimum atomic E-state index is -1.69. The molecule has 8 nitrogen and oxygen atoms in total. The van der Waals surface area contributed by atoms with E-state index in [2.05, 4.69) is 0 Å². The number of benzene rings is 2. The highest BCUT2D eigenvalue weighted by Crippen LogP contribution is 2.19. The van der Waals surface area contributed by atoms with Crippen molar-refractivity contribution in [2.24, 2.45) is 0 Å². The summed E-state index contributed by atoms with van der Waals surface area (Å²) in [6.07, 6.45) is 1.87. The molecule has 2 aromatic carbocycles. The number of carbonyl (C=O) groups excluding carboxylic acids is 1. The number of aromatic nitrogens is 1. The van der Waals surface area contributed by atoms with Crippen LogP contribution in [0.5, 0.6) is 0 Å². The van der Waals surface area contributed by atoms with Crippen molar-refractivity contribution in [3.05, 3.63) is 85.2 Å². The van der Waals surface area contributed by atoms with Crippen molar-refractivity contribution in [1.29, 1.82) is 0 Å². The van der Waals surface area contributed by atoms with Crippen molar-refractivity contribution in [2.45, 2.75) is 6.54 Å². The standard InChI is InChI=1S/C21H14INO7/c22-13-4-5-16-14(7-13)19(26)15(20(27)28)10-23(16)9-11-2-1-3-12(6-11)17(24)8-18(25)21(29)30/h1-8,10,24H,9H2,(H,27,28)(H,29,30). The maximum Gasteiger partial charge on any atom is 0.376 e. The number of carboxylic acid groups (broad SMARTS) is 2. The molecule has 0 unspecified atom stereocenters. The zero-order valence-corrected chi connectivity index (χ0v) is 17.4. The molecule has 0 saturated heterocycles. The van der Waals surface area contributed by atoms with Gasteiger partial charge >= 0.3 is 11.9 Å². The molecule has 0 bridgehead atoms. The van der Waals surface area contributed by atoms with E-state index in [1.807, 2.05) is 22.6 Å². The Bertz CT molecular complexity index is 1290. The highest BCUT2D eigenvalue weighted by molar-refractivity contribution is 14.1. The number of hydrogen-bond acceptors (Lipinski definition) is 5. The lowest BCUT2D eigenvalue weighted by molar-refractivity contribution is -0.146. The van der Waals surface area contributed by atoms with Gasteiger partial charge in [0.25, 0.3) is 5.78 Å². The number of carbonyl (C=O) groups is 3. The summed E-state index contributed by atoms with van der Waals surface area (Å²) in [5, 5.41) is 28.4. The van der Waals surface area contributed by atoms with Crippen LogP contribution in [0, 0.1) is 3.57 Å². The Kier molecular flexibility index (Phi) is 6.01. The van der Waals surface area contributed by atoms with E-state index in [1.165, 1.54) is 18.3 Å². The minimum Gasteiger partial charge on any atom is -0.507 e. The summed E-state index contributed by atoms with van der Waals surface area (Å²) in [5.41, 5.74) is 0.455. The lowest BCUT2D eigenvalue weighted by atomic mass is 10.1. The van der Waals surface area contributed by atoms with Gasteiger partial charge in [0.1, 0.15) is 11.3 Å². The van der Waals surface area contributed by atoms with Gasteiger partial charge in [-0.1, -0.05) is 18.2 Å². The molecule has 30 heavy (non-hydrogen) atoms. The Morgan fingerprint density at radius 1 is 1.03 bits per heavy atom. The van der Waals surface area contributed by atoms with Gasteiger partial charge in [-0.2, -0.15) is 0 Å². The number of aliphatic hydroxyl groups is 1. The Morgan fingerprint density at radius 3 is 2.43 bits per heavy atom. The van der Waals surface area contributed by atoms with Gasteiger partial charge in [-0.05, 0) is 52.4 Å². The first kappa shape index (κ1) is 21.2. The average Bonchev–Trinajstić information content (AvgIpc) is 2.69. The second kappa shape index (κ2) is 8.49. The molecule has 0 spiro atoms. The van der Waals surface area contributed by atoms with Gasteiger partial charge < -0.3 is 19.9 Å². The fraction of sp³-hybridized carbons (Fsp3) is 0.0476. The van der Waals surface area contributed by atoms with Crippen LogP contribution in [0.25, 0.3) is 16.7 Å². The number of carboxylic acids is 2. The number of aliphatic hydroxyl groups excluding tert-OH is 1. The molecular formula is C21H14INO7. The van der Waals surface area contributed by atoms with Crippen LogP contribution in [-0.4, -0.2) is 37.6 Å². The van der Waals surface area contributed by atoms with Gasteiger partial charge in [-0.3, -0.25) is 9.59 Å². The van der Waals surface area contributed by atoms with Gasteiger partial charge in [0.05, 0.1) is 5.52 Å². The van der Waals surface area contributed by atoms with Crippen LogP contribution in [0.15, 0.2) is 59.5 Å². The van der Waals surface area contributed by atoms with Gasteiger partial charge in [-0.25, -0.2) is 9.59 Å². The summed E-state index contributed by atoms with van der Waals surface area (Å²) in [5.74, 6) is -4.79. The molecule has 0 amide bonds. The van der Waals surface area contributed by atoms with Gasteiger partial charge in [-0.15, -0.1) is 0 Å². The number of aliphatic carboxylic acids is 1. The third-order valence-electron chi connectivity index (χ3n) is 4.33. The summed E-state index contributed by atoms with van der Waals surface area (Å²) < 4.78 is 2.39. The normalized spacial score (nSPS) is 11.4. The zero-order chi connectivity index (χ0) is 22.0. The van der Waals surface area contributed by atoms with E-state index < -0.39 is 28.9 Å². The Hall–Kier alpha value is -3.47. The number of hydrogen-bond donors (Lipinski definition) is 3. The Morgan fingerprint density at radius 2 is 1.77 bits per heavy atom. The average molecular weight is 519 g/mol. The van der Waals surface area contributed by atoms with E-state index in [4.69, 9.17) is 5.11 Å². The number of fused-ring (bicyclic) bond motifs is 1. The lowest BCUT2D eigenvalue weighted by Crippen LogP contribution is -2.19. The molecule has 3 N–H and O–H groups in total. The topological polar surface area (TPSA) is 134 Å². The third-order valence-corrected chi connectivity index (χ3v) is 5.00. The van der Waals surface area contributed by atoms with Crippen molar-refractivity contribution in [3.63, 3.8) is 0 Å². The van der Waals surface area contributed by atoms with E-state index in [0.717, 1.165) is 3.57 Å². The Labute approximate surface area is 182 Å². The number of ketones is 1. The smallest absolute Gasteiger partial charge is 0.376 e. The van der Waals surface area contributed by atoms with Gasteiger partial charge in [0.2, 0.25) is 5.43 Å². The summed E-state index contributed by atoms with van der Waals surface area (Å²) in [6.45, 7) is 0.172. The first-order valence-corrected chi connectivity index (χ1v) is 9.58. The van der Waals surface area contributed by atoms with Crippen LogP contribution in [0.3, 0.4) is 0 Å². The van der Waals surface area contributed by atoms with Crippen LogP contribution < -0.4 is 5.43 Å². The monoisotopic (exact) mass is 519 g/mol. The van der Waals surface area contributed by atoms with Crippen molar-refractivity contribution in [1.82, 2.24) is 4.57 Å². The fourth-order valence-corrected chi connectivity index (χ4v) is 3.44. The SMILES string of the molecule is O=C(O)C(=O)C=C(O)c1cccc(Cn2cc(C(=O)O)c(=O)c3cc(I)ccc32)c1. The molecule has 0 radical (unpaired) electrons. The number of pyridine rings is 1. The molecule has 1 aromatic heterocycles. The molecule has 3 rings (SSSR count). The summed E-state index contributed by atoms with van der Waals surface area (Å²) in [7, 11) is 0. The van der Waals surface area contributed by atoms with Crippen LogP contribution >= 0.6 is 22.6 Å². The predicted octanol–water partition coefficient (Wildman–Crippen LogP) is 2.91. The maximum absolute atomic E-state index is 12.5. The van der Waals surface area contributed by atoms with Crippen molar-refractivity contribution in [2.75, 3.05) is 0 Å². The Balaban J connectivity index is 2.08. The lowest BCUT2D eigenvalue weighted by Gasteiger charge is -2.13. The second-order valence-electron chi connectivity index (χ2n) is 6.37. The van der Waals surface area contributed by atoms with Crippen LogP contribution in [0.1, 0.15) is 21.5 Å². The fourth-order valence-electron chi connectivity index (χ4n) is 2.95. The molecule has 9 heteroatoms. The van der Waals surface area contributed by atoms with Crippen LogP contribution in [-0.2, 0) is 16.1 Å². The second-order valence-corrected chi connectivity index (χ2v) is 7.61. The van der Waals surface area contributed by atoms with Crippen molar-refractivity contribution >= 4 is 57.0 Å². The minimum absolute atomic E-state index is 0.172. The molecule has 0 atom stereocenters. The number of aromatic carboxylic acids is 1. The number of nitrogens with zero attached hydrogens (tertiary/aromatic N) is 1. The summed E-state index contributed by atoms with van der Waals surface area (Å²) >= 11 is 2.04. The highest BCUT2D eigenvalue weighted by atomic mass is 127. The van der Waals surface area contributed by atoms with Crippen LogP contribution in [0.4, 0.5) is 0 Å². The molecule has 0 aliphatic carbocycles. The summed E-state index contributed by atoms with van der Waals surface area (Å²) in [4.78, 5) is 46.0. The molecule has 1 heterocycles. The number of halogens is 1. The first-order chi connectivity index (χ1) is 14.2. The molecule has 0 saturated carbocycles. The quantitative estimate of drug-likeness (QED) is 0.197. The van der Waals surface area contributed by atoms with E-state index in [-0.39, 0.29) is 23.1 Å². The zero-order valence-electron chi connectivity index (χ0n) is 15.2. The number of rotatable bonds is 6. The highest BCUT2D eigenvalue weighted by Gasteiger charge is 2.15. The molecule has 152 valence electrons. The summed E-state index contributed by atoms with van der Waals surface area (Å²) in [6, 6.07) is 11.5. The van der Waals surface area contributed by atoms with E-state index >= 15 is 0 Å². The van der Waals surface area contributed by atoms with Crippen molar-refractivity contribution < 1.29 is 29.7 Å². The van der Waals surface area contributed by atoms with E-state index in [9.17, 15) is 29.4 Å². The van der Waals surface area contributed by atoms with Crippen molar-refractivity contribution in [3.8, 4) is 0 Å². The molecule has 0 aliphatic rings. The molecule has 3 aromatic rings. The molecule has 0 fully saturated rings. The van der Waals surface area contributed by atoms with Gasteiger partial charge in [0.15, 0.2) is 0 Å². The predicted molar refractivity (Wildman–Crippen MR) is 117 cm³/mol. The van der Waals surface area contributed by atoms with Gasteiger partial charge in [0, 0.05) is 33.3 Å². The molecular weight excluding hydrogens is 505 g/mol. The third kappa shape index (κ3) is 4.40. The van der Waals surface area contributed by atoms with Crippen LogP contribution in [0.2, 0.25) is 0 Å². The first-order valence-electron chi connectivity index (χ1n) is 8.50. The molecule has 0 aliphatic heterocycles.